The molecular weight excluding hydrogens is 226 g/mol. The molecule has 2 N–H and O–H groups in total. The minimum Gasteiger partial charge on any atom is -0.481 e. The van der Waals surface area contributed by atoms with E-state index < -0.39 is 11.5 Å². The molecular formula is C11H15NO3S. The lowest BCUT2D eigenvalue weighted by atomic mass is 10.00. The van der Waals surface area contributed by atoms with Crippen molar-refractivity contribution >= 4 is 23.2 Å². The van der Waals surface area contributed by atoms with E-state index in [1.807, 2.05) is 12.3 Å². The van der Waals surface area contributed by atoms with E-state index in [0.717, 1.165) is 5.56 Å². The van der Waals surface area contributed by atoms with E-state index in [1.165, 1.54) is 11.3 Å². The SMILES string of the molecule is Cc1cscc1C(=O)NC(C)(C)CC(=O)O. The van der Waals surface area contributed by atoms with Gasteiger partial charge >= 0.3 is 5.97 Å². The number of rotatable bonds is 4. The zero-order chi connectivity index (χ0) is 12.3. The molecule has 0 bridgehead atoms. The van der Waals surface area contributed by atoms with E-state index in [0.29, 0.717) is 5.56 Å². The van der Waals surface area contributed by atoms with Crippen LogP contribution in [0.5, 0.6) is 0 Å². The van der Waals surface area contributed by atoms with Crippen molar-refractivity contribution in [3.63, 3.8) is 0 Å². The average Bonchev–Trinajstić information content (AvgIpc) is 2.47. The van der Waals surface area contributed by atoms with Gasteiger partial charge in [-0.2, -0.15) is 11.3 Å². The summed E-state index contributed by atoms with van der Waals surface area (Å²) < 4.78 is 0. The average molecular weight is 241 g/mol. The number of carboxylic acids is 1. The first-order valence-corrected chi connectivity index (χ1v) is 5.83. The number of thiophene rings is 1. The van der Waals surface area contributed by atoms with Crippen LogP contribution in [0.25, 0.3) is 0 Å². The summed E-state index contributed by atoms with van der Waals surface area (Å²) in [6, 6.07) is 0. The monoisotopic (exact) mass is 241 g/mol. The van der Waals surface area contributed by atoms with Gasteiger partial charge in [-0.25, -0.2) is 0 Å². The maximum Gasteiger partial charge on any atom is 0.305 e. The van der Waals surface area contributed by atoms with Gasteiger partial charge in [0.2, 0.25) is 0 Å². The van der Waals surface area contributed by atoms with Gasteiger partial charge in [0.15, 0.2) is 0 Å². The molecule has 0 radical (unpaired) electrons. The van der Waals surface area contributed by atoms with Crippen LogP contribution in [0.15, 0.2) is 10.8 Å². The lowest BCUT2D eigenvalue weighted by molar-refractivity contribution is -0.138. The summed E-state index contributed by atoms with van der Waals surface area (Å²) in [4.78, 5) is 22.4. The zero-order valence-corrected chi connectivity index (χ0v) is 10.4. The number of amides is 1. The minimum absolute atomic E-state index is 0.0953. The molecule has 88 valence electrons. The second-order valence-electron chi connectivity index (χ2n) is 4.38. The second kappa shape index (κ2) is 4.65. The zero-order valence-electron chi connectivity index (χ0n) is 9.53. The van der Waals surface area contributed by atoms with Crippen LogP contribution in [0.3, 0.4) is 0 Å². The number of nitrogens with one attached hydrogen (secondary N) is 1. The van der Waals surface area contributed by atoms with Crippen LogP contribution >= 0.6 is 11.3 Å². The molecule has 0 saturated carbocycles. The first kappa shape index (κ1) is 12.7. The molecule has 1 aromatic rings. The van der Waals surface area contributed by atoms with Crippen molar-refractivity contribution in [1.82, 2.24) is 5.32 Å². The Balaban J connectivity index is 2.71. The molecule has 16 heavy (non-hydrogen) atoms. The summed E-state index contributed by atoms with van der Waals surface area (Å²) in [6.45, 7) is 5.25. The van der Waals surface area contributed by atoms with Crippen LogP contribution in [0.4, 0.5) is 0 Å². The normalized spacial score (nSPS) is 11.2. The Morgan fingerprint density at radius 2 is 2.06 bits per heavy atom. The Labute approximate surface area is 98.3 Å². The van der Waals surface area contributed by atoms with E-state index in [2.05, 4.69) is 5.32 Å². The molecule has 1 aromatic heterocycles. The third-order valence-electron chi connectivity index (χ3n) is 2.15. The fourth-order valence-electron chi connectivity index (χ4n) is 1.39. The van der Waals surface area contributed by atoms with Crippen molar-refractivity contribution in [2.75, 3.05) is 0 Å². The van der Waals surface area contributed by atoms with Crippen LogP contribution in [0.1, 0.15) is 36.2 Å². The number of hydrogen-bond donors (Lipinski definition) is 2. The molecule has 0 aromatic carbocycles. The van der Waals surface area contributed by atoms with Gasteiger partial charge in [0, 0.05) is 10.9 Å². The molecule has 0 fully saturated rings. The molecule has 1 rings (SSSR count). The Morgan fingerprint density at radius 3 is 2.50 bits per heavy atom. The van der Waals surface area contributed by atoms with E-state index >= 15 is 0 Å². The Bertz CT molecular complexity index is 409. The molecule has 0 aliphatic rings. The highest BCUT2D eigenvalue weighted by Crippen LogP contribution is 2.16. The quantitative estimate of drug-likeness (QED) is 0.847. The highest BCUT2D eigenvalue weighted by atomic mass is 32.1. The van der Waals surface area contributed by atoms with Crippen LogP contribution in [-0.2, 0) is 4.79 Å². The molecule has 4 nitrogen and oxygen atoms in total. The molecule has 0 spiro atoms. The topological polar surface area (TPSA) is 66.4 Å². The van der Waals surface area contributed by atoms with Gasteiger partial charge in [0.05, 0.1) is 12.0 Å². The van der Waals surface area contributed by atoms with E-state index in [4.69, 9.17) is 5.11 Å². The fourth-order valence-corrected chi connectivity index (χ4v) is 2.22. The maximum absolute atomic E-state index is 11.8. The molecule has 1 heterocycles. The van der Waals surface area contributed by atoms with Crippen molar-refractivity contribution in [3.05, 3.63) is 21.9 Å². The van der Waals surface area contributed by atoms with Crippen LogP contribution in [0.2, 0.25) is 0 Å². The minimum atomic E-state index is -0.924. The lowest BCUT2D eigenvalue weighted by Crippen LogP contribution is -2.45. The molecule has 5 heteroatoms. The summed E-state index contributed by atoms with van der Waals surface area (Å²) in [5.74, 6) is -1.14. The third kappa shape index (κ3) is 3.34. The molecule has 0 saturated heterocycles. The second-order valence-corrected chi connectivity index (χ2v) is 5.12. The lowest BCUT2D eigenvalue weighted by Gasteiger charge is -2.24. The summed E-state index contributed by atoms with van der Waals surface area (Å²) in [5.41, 5.74) is 0.786. The molecule has 1 amide bonds. The predicted molar refractivity (Wildman–Crippen MR) is 62.9 cm³/mol. The number of aryl methyl sites for hydroxylation is 1. The molecule has 0 aliphatic heterocycles. The smallest absolute Gasteiger partial charge is 0.305 e. The van der Waals surface area contributed by atoms with Gasteiger partial charge in [-0.1, -0.05) is 0 Å². The maximum atomic E-state index is 11.8. The van der Waals surface area contributed by atoms with Crippen LogP contribution < -0.4 is 5.32 Å². The summed E-state index contributed by atoms with van der Waals surface area (Å²) >= 11 is 1.46. The van der Waals surface area contributed by atoms with E-state index in [1.54, 1.807) is 19.2 Å². The molecule has 0 atom stereocenters. The number of carbonyl (C=O) groups is 2. The fraction of sp³-hybridized carbons (Fsp3) is 0.455. The van der Waals surface area contributed by atoms with E-state index in [-0.39, 0.29) is 12.3 Å². The third-order valence-corrected chi connectivity index (χ3v) is 3.01. The van der Waals surface area contributed by atoms with Crippen molar-refractivity contribution in [3.8, 4) is 0 Å². The standard InChI is InChI=1S/C11H15NO3S/c1-7-5-16-6-8(7)10(15)12-11(2,3)4-9(13)14/h5-6H,4H2,1-3H3,(H,12,15)(H,13,14). The number of carbonyl (C=O) groups excluding carboxylic acids is 1. The first-order chi connectivity index (χ1) is 7.32. The van der Waals surface area contributed by atoms with Crippen molar-refractivity contribution < 1.29 is 14.7 Å². The van der Waals surface area contributed by atoms with Gasteiger partial charge < -0.3 is 10.4 Å². The largest absolute Gasteiger partial charge is 0.481 e. The van der Waals surface area contributed by atoms with Gasteiger partial charge in [0.25, 0.3) is 5.91 Å². The summed E-state index contributed by atoms with van der Waals surface area (Å²) in [6.07, 6.45) is -0.0953. The van der Waals surface area contributed by atoms with Crippen molar-refractivity contribution in [1.29, 1.82) is 0 Å². The van der Waals surface area contributed by atoms with Gasteiger partial charge in [0.1, 0.15) is 0 Å². The predicted octanol–water partition coefficient (Wildman–Crippen LogP) is 2.04. The summed E-state index contributed by atoms with van der Waals surface area (Å²) in [5, 5.41) is 15.1. The summed E-state index contributed by atoms with van der Waals surface area (Å²) in [7, 11) is 0. The van der Waals surface area contributed by atoms with Crippen LogP contribution in [-0.4, -0.2) is 22.5 Å². The Morgan fingerprint density at radius 1 is 1.44 bits per heavy atom. The van der Waals surface area contributed by atoms with Gasteiger partial charge in [-0.3, -0.25) is 9.59 Å². The number of hydrogen-bond acceptors (Lipinski definition) is 3. The van der Waals surface area contributed by atoms with Gasteiger partial charge in [-0.05, 0) is 31.7 Å². The number of aliphatic carboxylic acids is 1. The van der Waals surface area contributed by atoms with E-state index in [9.17, 15) is 9.59 Å². The Kier molecular flexibility index (Phi) is 3.70. The Hall–Kier alpha value is -1.36. The van der Waals surface area contributed by atoms with Crippen LogP contribution in [0, 0.1) is 6.92 Å². The number of carboxylic acid groups (broad SMARTS) is 1. The highest BCUT2D eigenvalue weighted by molar-refractivity contribution is 7.08. The van der Waals surface area contributed by atoms with Gasteiger partial charge in [-0.15, -0.1) is 0 Å². The molecule has 0 aliphatic carbocycles. The highest BCUT2D eigenvalue weighted by Gasteiger charge is 2.25. The van der Waals surface area contributed by atoms with Crippen molar-refractivity contribution in [2.45, 2.75) is 32.7 Å². The van der Waals surface area contributed by atoms with Crippen molar-refractivity contribution in [2.24, 2.45) is 0 Å². The first-order valence-electron chi connectivity index (χ1n) is 4.89. The molecule has 0 unspecified atom stereocenters.